The first-order chi connectivity index (χ1) is 8.13. The predicted octanol–water partition coefficient (Wildman–Crippen LogP) is -0.109. The van der Waals surface area contributed by atoms with E-state index >= 15 is 0 Å². The third-order valence-electron chi connectivity index (χ3n) is 1.95. The molecular weight excluding hydrogens is 244 g/mol. The average molecular weight is 254 g/mol. The van der Waals surface area contributed by atoms with Crippen LogP contribution in [0.3, 0.4) is 0 Å². The Morgan fingerprint density at radius 1 is 1.41 bits per heavy atom. The molecule has 2 aromatic rings. The van der Waals surface area contributed by atoms with Crippen molar-refractivity contribution >= 4 is 21.5 Å². The first kappa shape index (κ1) is 11.4. The van der Waals surface area contributed by atoms with Crippen LogP contribution in [0.1, 0.15) is 0 Å². The summed E-state index contributed by atoms with van der Waals surface area (Å²) in [6, 6.07) is 2.90. The fraction of sp³-hybridized carbons (Fsp3) is 0. The average Bonchev–Trinajstić information content (AvgIpc) is 2.81. The normalized spacial score (nSPS) is 11.1. The number of nitrogen functional groups attached to an aromatic ring is 1. The predicted molar refractivity (Wildman–Crippen MR) is 61.4 cm³/mol. The second-order valence-electron chi connectivity index (χ2n) is 3.09. The Morgan fingerprint density at radius 2 is 2.24 bits per heavy atom. The lowest BCUT2D eigenvalue weighted by Crippen LogP contribution is -2.18. The summed E-state index contributed by atoms with van der Waals surface area (Å²) in [6.07, 6.45) is 4.21. The van der Waals surface area contributed by atoms with Gasteiger partial charge in [0.1, 0.15) is 4.90 Å². The molecule has 0 fully saturated rings. The Morgan fingerprint density at radius 3 is 2.88 bits per heavy atom. The molecule has 0 saturated carbocycles. The zero-order valence-corrected chi connectivity index (χ0v) is 9.40. The van der Waals surface area contributed by atoms with E-state index in [1.807, 2.05) is 0 Å². The van der Waals surface area contributed by atoms with Gasteiger partial charge in [0, 0.05) is 12.4 Å². The van der Waals surface area contributed by atoms with Gasteiger partial charge in [-0.2, -0.15) is 5.10 Å². The molecule has 0 aliphatic rings. The zero-order chi connectivity index (χ0) is 12.3. The minimum Gasteiger partial charge on any atom is -0.307 e. The van der Waals surface area contributed by atoms with Crippen LogP contribution in [0.25, 0.3) is 0 Å². The molecule has 8 nitrogen and oxygen atoms in total. The molecule has 2 aromatic heterocycles. The highest BCUT2D eigenvalue weighted by molar-refractivity contribution is 7.92. The van der Waals surface area contributed by atoms with Gasteiger partial charge in [-0.25, -0.2) is 19.2 Å². The third-order valence-corrected chi connectivity index (χ3v) is 3.36. The highest BCUT2D eigenvalue weighted by Crippen LogP contribution is 2.19. The number of pyridine rings is 1. The topological polar surface area (TPSA) is 126 Å². The maximum Gasteiger partial charge on any atom is 0.265 e. The highest BCUT2D eigenvalue weighted by Gasteiger charge is 2.19. The van der Waals surface area contributed by atoms with Crippen molar-refractivity contribution in [3.05, 3.63) is 30.7 Å². The van der Waals surface area contributed by atoms with Gasteiger partial charge in [-0.15, -0.1) is 0 Å². The lowest BCUT2D eigenvalue weighted by atomic mass is 10.5. The van der Waals surface area contributed by atoms with E-state index in [1.54, 1.807) is 0 Å². The van der Waals surface area contributed by atoms with Crippen molar-refractivity contribution in [1.29, 1.82) is 0 Å². The second-order valence-corrected chi connectivity index (χ2v) is 4.74. The number of nitrogens with one attached hydrogen (secondary N) is 3. The molecule has 5 N–H and O–H groups in total. The van der Waals surface area contributed by atoms with Crippen molar-refractivity contribution in [2.45, 2.75) is 4.90 Å². The van der Waals surface area contributed by atoms with E-state index in [1.165, 1.54) is 30.7 Å². The minimum absolute atomic E-state index is 0.0382. The maximum atomic E-state index is 12.0. The molecule has 0 amide bonds. The Labute approximate surface area is 97.3 Å². The van der Waals surface area contributed by atoms with E-state index in [0.717, 1.165) is 0 Å². The Kier molecular flexibility index (Phi) is 2.93. The van der Waals surface area contributed by atoms with Crippen LogP contribution in [0.2, 0.25) is 0 Å². The Balaban J connectivity index is 2.38. The summed E-state index contributed by atoms with van der Waals surface area (Å²) in [5.74, 6) is 5.27. The van der Waals surface area contributed by atoms with E-state index in [9.17, 15) is 8.42 Å². The summed E-state index contributed by atoms with van der Waals surface area (Å²) < 4.78 is 26.3. The monoisotopic (exact) mass is 254 g/mol. The second kappa shape index (κ2) is 4.39. The van der Waals surface area contributed by atoms with Gasteiger partial charge < -0.3 is 5.43 Å². The quantitative estimate of drug-likeness (QED) is 0.445. The molecule has 0 saturated heterocycles. The van der Waals surface area contributed by atoms with Gasteiger partial charge in [-0.05, 0) is 12.1 Å². The molecule has 0 aliphatic carbocycles. The van der Waals surface area contributed by atoms with Crippen LogP contribution >= 0.6 is 0 Å². The van der Waals surface area contributed by atoms with E-state index < -0.39 is 10.0 Å². The van der Waals surface area contributed by atoms with Crippen LogP contribution in [0.5, 0.6) is 0 Å². The Bertz CT molecular complexity index is 594. The highest BCUT2D eigenvalue weighted by atomic mass is 32.2. The number of hydrazine groups is 1. The molecule has 9 heteroatoms. The van der Waals surface area contributed by atoms with Crippen LogP contribution in [0.4, 0.5) is 11.5 Å². The van der Waals surface area contributed by atoms with Crippen LogP contribution in [0, 0.1) is 0 Å². The van der Waals surface area contributed by atoms with Crippen molar-refractivity contribution in [3.8, 4) is 0 Å². The van der Waals surface area contributed by atoms with Gasteiger partial charge in [-0.1, -0.05) is 0 Å². The number of sulfonamides is 1. The number of nitrogens with zero attached hydrogens (tertiary/aromatic N) is 2. The maximum absolute atomic E-state index is 12.0. The molecule has 0 bridgehead atoms. The van der Waals surface area contributed by atoms with E-state index in [2.05, 4.69) is 25.3 Å². The molecular formula is C8H10N6O2S. The lowest BCUT2D eigenvalue weighted by Gasteiger charge is -2.09. The summed E-state index contributed by atoms with van der Waals surface area (Å²) in [6.45, 7) is 0. The molecule has 0 aromatic carbocycles. The molecule has 90 valence electrons. The van der Waals surface area contributed by atoms with Crippen molar-refractivity contribution < 1.29 is 8.42 Å². The number of hydrogen-bond donors (Lipinski definition) is 4. The van der Waals surface area contributed by atoms with Crippen LogP contribution in [0.15, 0.2) is 35.6 Å². The number of rotatable bonds is 4. The van der Waals surface area contributed by atoms with Crippen molar-refractivity contribution in [1.82, 2.24) is 15.2 Å². The van der Waals surface area contributed by atoms with E-state index in [0.29, 0.717) is 5.69 Å². The van der Waals surface area contributed by atoms with Crippen molar-refractivity contribution in [2.24, 2.45) is 5.84 Å². The number of aromatic nitrogens is 3. The summed E-state index contributed by atoms with van der Waals surface area (Å²) in [5.41, 5.74) is 2.56. The van der Waals surface area contributed by atoms with E-state index in [-0.39, 0.29) is 10.7 Å². The third kappa shape index (κ3) is 2.34. The number of hydrogen-bond acceptors (Lipinski definition) is 6. The molecule has 0 atom stereocenters. The van der Waals surface area contributed by atoms with Crippen molar-refractivity contribution in [3.63, 3.8) is 0 Å². The minimum atomic E-state index is -3.74. The molecule has 0 aliphatic heterocycles. The SMILES string of the molecule is NNc1ncccc1S(=O)(=O)Nc1cn[nH]c1. The number of H-pyrrole nitrogens is 1. The van der Waals surface area contributed by atoms with Crippen molar-refractivity contribution in [2.75, 3.05) is 10.1 Å². The zero-order valence-electron chi connectivity index (χ0n) is 8.58. The number of nitrogens with two attached hydrogens (primary N) is 1. The largest absolute Gasteiger partial charge is 0.307 e. The first-order valence-electron chi connectivity index (χ1n) is 4.57. The molecule has 0 unspecified atom stereocenters. The smallest absolute Gasteiger partial charge is 0.265 e. The lowest BCUT2D eigenvalue weighted by molar-refractivity contribution is 0.601. The Hall–Kier alpha value is -2.13. The fourth-order valence-electron chi connectivity index (χ4n) is 1.23. The summed E-state index contributed by atoms with van der Waals surface area (Å²) in [4.78, 5) is 3.78. The molecule has 2 rings (SSSR count). The van der Waals surface area contributed by atoms with Gasteiger partial charge in [0.2, 0.25) is 0 Å². The van der Waals surface area contributed by atoms with Gasteiger partial charge in [-0.3, -0.25) is 9.82 Å². The summed E-state index contributed by atoms with van der Waals surface area (Å²) in [5, 5.41) is 6.13. The molecule has 2 heterocycles. The van der Waals surface area contributed by atoms with Gasteiger partial charge >= 0.3 is 0 Å². The fourth-order valence-corrected chi connectivity index (χ4v) is 2.39. The van der Waals surface area contributed by atoms with Crippen LogP contribution in [-0.4, -0.2) is 23.6 Å². The number of aromatic amines is 1. The van der Waals surface area contributed by atoms with Gasteiger partial charge in [0.15, 0.2) is 5.82 Å². The molecule has 0 spiro atoms. The summed E-state index contributed by atoms with van der Waals surface area (Å²) >= 11 is 0. The van der Waals surface area contributed by atoms with Crippen LogP contribution in [-0.2, 0) is 10.0 Å². The molecule has 0 radical (unpaired) electrons. The van der Waals surface area contributed by atoms with Crippen LogP contribution < -0.4 is 16.0 Å². The number of anilines is 2. The standard InChI is InChI=1S/C8H10N6O2S/c9-13-8-7(2-1-3-10-8)17(15,16)14-6-4-11-12-5-6/h1-5,14H,9H2,(H,10,13)(H,11,12). The molecule has 17 heavy (non-hydrogen) atoms. The van der Waals surface area contributed by atoms with Gasteiger partial charge in [0.25, 0.3) is 10.0 Å². The first-order valence-corrected chi connectivity index (χ1v) is 6.05. The van der Waals surface area contributed by atoms with Gasteiger partial charge in [0.05, 0.1) is 11.9 Å². The van der Waals surface area contributed by atoms with E-state index in [4.69, 9.17) is 5.84 Å². The summed E-state index contributed by atoms with van der Waals surface area (Å²) in [7, 11) is -3.74.